The van der Waals surface area contributed by atoms with Gasteiger partial charge >= 0.3 is 5.97 Å². The normalized spacial score (nSPS) is 13.2. The van der Waals surface area contributed by atoms with E-state index in [-0.39, 0.29) is 35.1 Å². The molecule has 2 aromatic carbocycles. The molecule has 0 unspecified atom stereocenters. The lowest BCUT2D eigenvalue weighted by Crippen LogP contribution is -2.31. The Balaban J connectivity index is 1.76. The molecule has 0 amide bonds. The summed E-state index contributed by atoms with van der Waals surface area (Å²) in [5, 5.41) is 0. The molecule has 0 N–H and O–H groups in total. The molecule has 0 aliphatic heterocycles. The summed E-state index contributed by atoms with van der Waals surface area (Å²) in [6, 6.07) is 9.63. The minimum absolute atomic E-state index is 0.0354. The molecule has 1 aliphatic rings. The van der Waals surface area contributed by atoms with Crippen LogP contribution in [0.15, 0.2) is 41.3 Å². The highest BCUT2D eigenvalue weighted by Crippen LogP contribution is 2.28. The number of rotatable bonds is 9. The maximum Gasteiger partial charge on any atom is 0.338 e. The summed E-state index contributed by atoms with van der Waals surface area (Å²) in [4.78, 5) is 24.9. The lowest BCUT2D eigenvalue weighted by Gasteiger charge is -2.20. The Bertz CT molecular complexity index is 1090. The van der Waals surface area contributed by atoms with Gasteiger partial charge < -0.3 is 9.47 Å². The van der Waals surface area contributed by atoms with Gasteiger partial charge in [-0.3, -0.25) is 4.79 Å². The van der Waals surface area contributed by atoms with Crippen molar-refractivity contribution < 1.29 is 27.5 Å². The Morgan fingerprint density at radius 2 is 1.65 bits per heavy atom. The lowest BCUT2D eigenvalue weighted by molar-refractivity contribution is 0.0474. The van der Waals surface area contributed by atoms with E-state index < -0.39 is 22.6 Å². The number of carbonyl (C=O) groups is 2. The lowest BCUT2D eigenvalue weighted by atomic mass is 10.0. The van der Waals surface area contributed by atoms with E-state index in [4.69, 9.17) is 9.47 Å². The second-order valence-corrected chi connectivity index (χ2v) is 9.20. The highest BCUT2D eigenvalue weighted by atomic mass is 32.2. The number of fused-ring (bicyclic) bond motifs is 1. The Labute approximate surface area is 183 Å². The molecule has 2 aromatic rings. The number of benzene rings is 2. The Hall–Kier alpha value is -2.71. The number of carbonyl (C=O) groups excluding carboxylic acids is 2. The van der Waals surface area contributed by atoms with Crippen LogP contribution in [-0.2, 0) is 27.6 Å². The smallest absolute Gasteiger partial charge is 0.338 e. The van der Waals surface area contributed by atoms with Gasteiger partial charge in [0.2, 0.25) is 10.0 Å². The van der Waals surface area contributed by atoms with Crippen molar-refractivity contribution in [3.05, 3.63) is 58.7 Å². The van der Waals surface area contributed by atoms with Gasteiger partial charge in [0.25, 0.3) is 0 Å². The maximum atomic E-state index is 12.9. The zero-order chi connectivity index (χ0) is 22.6. The van der Waals surface area contributed by atoms with Gasteiger partial charge in [0.05, 0.1) is 12.7 Å². The molecule has 0 saturated heterocycles. The molecule has 0 fully saturated rings. The summed E-state index contributed by atoms with van der Waals surface area (Å²) in [6.07, 6.45) is 3.05. The molecule has 0 heterocycles. The molecular formula is C23H27NO6S. The average Bonchev–Trinajstić information content (AvgIpc) is 3.25. The first-order chi connectivity index (χ1) is 14.8. The summed E-state index contributed by atoms with van der Waals surface area (Å²) in [5.74, 6) is -0.932. The van der Waals surface area contributed by atoms with Crippen LogP contribution in [-0.4, -0.2) is 51.3 Å². The number of sulfonamides is 1. The first kappa shape index (κ1) is 23.0. The minimum atomic E-state index is -3.85. The number of nitrogens with zero attached hydrogens (tertiary/aromatic N) is 1. The third-order valence-electron chi connectivity index (χ3n) is 5.48. The molecule has 8 heteroatoms. The van der Waals surface area contributed by atoms with Crippen molar-refractivity contribution >= 4 is 21.8 Å². The molecule has 0 saturated carbocycles. The van der Waals surface area contributed by atoms with Gasteiger partial charge in [-0.25, -0.2) is 13.2 Å². The maximum absolute atomic E-state index is 12.9. The number of aryl methyl sites for hydroxylation is 2. The molecule has 0 radical (unpaired) electrons. The van der Waals surface area contributed by atoms with Crippen LogP contribution in [0.1, 0.15) is 52.1 Å². The van der Waals surface area contributed by atoms with Crippen LogP contribution in [0.2, 0.25) is 0 Å². The first-order valence-corrected chi connectivity index (χ1v) is 11.8. The molecular weight excluding hydrogens is 418 g/mol. The van der Waals surface area contributed by atoms with E-state index in [1.807, 2.05) is 12.1 Å². The molecule has 166 valence electrons. The molecule has 0 aromatic heterocycles. The molecule has 7 nitrogen and oxygen atoms in total. The average molecular weight is 446 g/mol. The number of hydrogen-bond donors (Lipinski definition) is 0. The van der Waals surface area contributed by atoms with Crippen LogP contribution in [0.3, 0.4) is 0 Å². The summed E-state index contributed by atoms with van der Waals surface area (Å²) >= 11 is 0. The summed E-state index contributed by atoms with van der Waals surface area (Å²) in [6.45, 7) is 3.62. The second kappa shape index (κ2) is 9.62. The molecule has 0 bridgehead atoms. The quantitative estimate of drug-likeness (QED) is 0.435. The standard InChI is InChI=1S/C23H27NO6S/c1-4-24(5-2)31(27,28)22-14-19(11-12-21(22)29-3)23(26)30-15-20(25)18-10-9-16-7-6-8-17(16)13-18/h9-14H,4-8,15H2,1-3H3. The van der Waals surface area contributed by atoms with E-state index >= 15 is 0 Å². The fourth-order valence-corrected chi connectivity index (χ4v) is 5.39. The van der Waals surface area contributed by atoms with Crippen molar-refractivity contribution in [2.24, 2.45) is 0 Å². The largest absolute Gasteiger partial charge is 0.495 e. The van der Waals surface area contributed by atoms with Crippen molar-refractivity contribution in [2.45, 2.75) is 38.0 Å². The van der Waals surface area contributed by atoms with Crippen LogP contribution >= 0.6 is 0 Å². The van der Waals surface area contributed by atoms with Crippen molar-refractivity contribution in [2.75, 3.05) is 26.8 Å². The van der Waals surface area contributed by atoms with Gasteiger partial charge in [0, 0.05) is 18.7 Å². The monoisotopic (exact) mass is 445 g/mol. The predicted molar refractivity (Wildman–Crippen MR) is 116 cm³/mol. The first-order valence-electron chi connectivity index (χ1n) is 10.3. The predicted octanol–water partition coefficient (Wildman–Crippen LogP) is 3.25. The second-order valence-electron chi connectivity index (χ2n) is 7.29. The highest BCUT2D eigenvalue weighted by molar-refractivity contribution is 7.89. The molecule has 0 spiro atoms. The van der Waals surface area contributed by atoms with E-state index in [0.717, 1.165) is 19.3 Å². The van der Waals surface area contributed by atoms with Crippen molar-refractivity contribution in [1.29, 1.82) is 0 Å². The van der Waals surface area contributed by atoms with Gasteiger partial charge in [-0.15, -0.1) is 0 Å². The van der Waals surface area contributed by atoms with E-state index in [1.165, 1.54) is 40.7 Å². The molecule has 1 aliphatic carbocycles. The van der Waals surface area contributed by atoms with Gasteiger partial charge in [0.15, 0.2) is 12.4 Å². The fourth-order valence-electron chi connectivity index (χ4n) is 3.75. The topological polar surface area (TPSA) is 90.0 Å². The number of esters is 1. The minimum Gasteiger partial charge on any atom is -0.495 e. The summed E-state index contributed by atoms with van der Waals surface area (Å²) < 4.78 is 37.5. The van der Waals surface area contributed by atoms with Crippen LogP contribution in [0.5, 0.6) is 5.75 Å². The molecule has 0 atom stereocenters. The van der Waals surface area contributed by atoms with Crippen molar-refractivity contribution in [3.8, 4) is 5.75 Å². The van der Waals surface area contributed by atoms with Gasteiger partial charge in [-0.2, -0.15) is 4.31 Å². The van der Waals surface area contributed by atoms with E-state index in [1.54, 1.807) is 19.9 Å². The SMILES string of the molecule is CCN(CC)S(=O)(=O)c1cc(C(=O)OCC(=O)c2ccc3c(c2)CCC3)ccc1OC. The third kappa shape index (κ3) is 4.80. The van der Waals surface area contributed by atoms with Crippen LogP contribution in [0, 0.1) is 0 Å². The molecule has 3 rings (SSSR count). The Morgan fingerprint density at radius 1 is 0.968 bits per heavy atom. The van der Waals surface area contributed by atoms with Crippen molar-refractivity contribution in [3.63, 3.8) is 0 Å². The third-order valence-corrected chi connectivity index (χ3v) is 7.55. The Morgan fingerprint density at radius 3 is 2.32 bits per heavy atom. The van der Waals surface area contributed by atoms with E-state index in [2.05, 4.69) is 0 Å². The number of Topliss-reactive ketones (excluding diaryl/α,β-unsaturated/α-hetero) is 1. The number of hydrogen-bond acceptors (Lipinski definition) is 6. The number of ketones is 1. The Kier molecular flexibility index (Phi) is 7.12. The summed E-state index contributed by atoms with van der Waals surface area (Å²) in [7, 11) is -2.48. The van der Waals surface area contributed by atoms with Crippen LogP contribution < -0.4 is 4.74 Å². The number of methoxy groups -OCH3 is 1. The highest BCUT2D eigenvalue weighted by Gasteiger charge is 2.27. The van der Waals surface area contributed by atoms with Gasteiger partial charge in [-0.05, 0) is 54.7 Å². The number of ether oxygens (including phenoxy) is 2. The zero-order valence-corrected chi connectivity index (χ0v) is 18.8. The van der Waals surface area contributed by atoms with Crippen LogP contribution in [0.25, 0.3) is 0 Å². The van der Waals surface area contributed by atoms with Gasteiger partial charge in [-0.1, -0.05) is 26.0 Å². The van der Waals surface area contributed by atoms with E-state index in [9.17, 15) is 18.0 Å². The fraction of sp³-hybridized carbons (Fsp3) is 0.391. The zero-order valence-electron chi connectivity index (χ0n) is 18.0. The molecule has 31 heavy (non-hydrogen) atoms. The summed E-state index contributed by atoms with van der Waals surface area (Å²) in [5.41, 5.74) is 2.97. The van der Waals surface area contributed by atoms with Crippen LogP contribution in [0.4, 0.5) is 0 Å². The van der Waals surface area contributed by atoms with Gasteiger partial charge in [0.1, 0.15) is 10.6 Å². The van der Waals surface area contributed by atoms with Crippen molar-refractivity contribution in [1.82, 2.24) is 4.31 Å². The van der Waals surface area contributed by atoms with E-state index in [0.29, 0.717) is 5.56 Å².